The molecular weight excluding hydrogens is 455 g/mol. The summed E-state index contributed by atoms with van der Waals surface area (Å²) in [5.74, 6) is -4.26. The number of aliphatic hydroxyl groups excluding tert-OH is 1. The first-order valence-electron chi connectivity index (χ1n) is 12.3. The summed E-state index contributed by atoms with van der Waals surface area (Å²) >= 11 is 0. The van der Waals surface area contributed by atoms with Gasteiger partial charge in [0.2, 0.25) is 0 Å². The minimum Gasteiger partial charge on any atom is -0.392 e. The Morgan fingerprint density at radius 1 is 1.00 bits per heavy atom. The highest BCUT2D eigenvalue weighted by atomic mass is 19.2. The Morgan fingerprint density at radius 2 is 1.66 bits per heavy atom. The van der Waals surface area contributed by atoms with E-state index in [1.54, 1.807) is 0 Å². The van der Waals surface area contributed by atoms with Gasteiger partial charge in [0.15, 0.2) is 17.5 Å². The smallest absolute Gasteiger partial charge is 0.254 e. The van der Waals surface area contributed by atoms with Gasteiger partial charge in [-0.15, -0.1) is 0 Å². The number of benzene rings is 2. The molecule has 186 valence electrons. The van der Waals surface area contributed by atoms with Crippen molar-refractivity contribution in [2.45, 2.75) is 37.7 Å². The van der Waals surface area contributed by atoms with Gasteiger partial charge in [-0.05, 0) is 74.4 Å². The van der Waals surface area contributed by atoms with Crippen molar-refractivity contribution in [3.05, 3.63) is 71.2 Å². The lowest BCUT2D eigenvalue weighted by molar-refractivity contribution is 0.0241. The number of aliphatic hydroxyl groups is 1. The molecule has 0 aliphatic carbocycles. The molecule has 0 spiro atoms. The van der Waals surface area contributed by atoms with Crippen molar-refractivity contribution in [2.24, 2.45) is 5.92 Å². The summed E-state index contributed by atoms with van der Waals surface area (Å²) in [7, 11) is 0. The quantitative estimate of drug-likeness (QED) is 0.516. The highest BCUT2D eigenvalue weighted by Crippen LogP contribution is 2.33. The number of para-hydroxylation sites is 1. The zero-order valence-electron chi connectivity index (χ0n) is 19.5. The van der Waals surface area contributed by atoms with Gasteiger partial charge >= 0.3 is 0 Å². The number of β-amino-alcohol motifs (C(OH)–C–C–N with tert-alkyl or cyclic N) is 1. The van der Waals surface area contributed by atoms with E-state index >= 15 is 0 Å². The minimum absolute atomic E-state index is 0.0621. The maximum absolute atomic E-state index is 13.5. The molecule has 5 nitrogen and oxygen atoms in total. The van der Waals surface area contributed by atoms with Crippen LogP contribution in [-0.4, -0.2) is 64.6 Å². The summed E-state index contributed by atoms with van der Waals surface area (Å²) in [6.07, 6.45) is 4.97. The first-order valence-corrected chi connectivity index (χ1v) is 12.3. The Kier molecular flexibility index (Phi) is 6.84. The van der Waals surface area contributed by atoms with Crippen molar-refractivity contribution >= 4 is 16.8 Å². The molecule has 1 aromatic heterocycles. The lowest BCUT2D eigenvalue weighted by Gasteiger charge is -2.38. The Hall–Kier alpha value is -2.84. The van der Waals surface area contributed by atoms with E-state index in [0.717, 1.165) is 38.1 Å². The van der Waals surface area contributed by atoms with Crippen LogP contribution >= 0.6 is 0 Å². The molecule has 2 aromatic carbocycles. The number of carbonyl (C=O) groups excluding carboxylic acids is 1. The zero-order chi connectivity index (χ0) is 24.5. The highest BCUT2D eigenvalue weighted by molar-refractivity contribution is 5.94. The normalized spacial score (nSPS) is 19.4. The number of carbonyl (C=O) groups is 1. The number of rotatable bonds is 5. The summed E-state index contributed by atoms with van der Waals surface area (Å²) < 4.78 is 40.2. The van der Waals surface area contributed by atoms with Crippen molar-refractivity contribution in [1.29, 1.82) is 0 Å². The molecule has 1 unspecified atom stereocenters. The molecule has 3 heterocycles. The third-order valence-electron chi connectivity index (χ3n) is 7.70. The number of piperidine rings is 2. The summed E-state index contributed by atoms with van der Waals surface area (Å²) in [4.78, 5) is 19.8. The van der Waals surface area contributed by atoms with Crippen LogP contribution < -0.4 is 0 Å². The maximum atomic E-state index is 13.5. The molecular formula is C27H30F3N3O2. The summed E-state index contributed by atoms with van der Waals surface area (Å²) in [5, 5.41) is 12.2. The molecule has 1 atom stereocenters. The monoisotopic (exact) mass is 485 g/mol. The first-order chi connectivity index (χ1) is 16.9. The van der Waals surface area contributed by atoms with Crippen LogP contribution in [0.15, 0.2) is 42.6 Å². The molecule has 0 saturated carbocycles. The number of nitrogens with one attached hydrogen (secondary N) is 1. The molecule has 1 amide bonds. The summed E-state index contributed by atoms with van der Waals surface area (Å²) in [6, 6.07) is 9.84. The molecule has 0 bridgehead atoms. The number of fused-ring (bicyclic) bond motifs is 1. The van der Waals surface area contributed by atoms with Crippen molar-refractivity contribution in [3.8, 4) is 0 Å². The largest absolute Gasteiger partial charge is 0.392 e. The topological polar surface area (TPSA) is 59.6 Å². The molecule has 2 aliphatic rings. The van der Waals surface area contributed by atoms with E-state index in [4.69, 9.17) is 0 Å². The minimum atomic E-state index is -1.58. The number of amides is 1. The molecule has 2 fully saturated rings. The number of aromatic nitrogens is 1. The van der Waals surface area contributed by atoms with Crippen LogP contribution in [-0.2, 0) is 0 Å². The van der Waals surface area contributed by atoms with Crippen molar-refractivity contribution < 1.29 is 23.1 Å². The van der Waals surface area contributed by atoms with E-state index in [2.05, 4.69) is 34.3 Å². The number of nitrogens with zero attached hydrogens (tertiary/aromatic N) is 2. The van der Waals surface area contributed by atoms with Crippen LogP contribution in [0.2, 0.25) is 0 Å². The van der Waals surface area contributed by atoms with Gasteiger partial charge in [-0.25, -0.2) is 13.2 Å². The van der Waals surface area contributed by atoms with E-state index in [0.29, 0.717) is 38.4 Å². The van der Waals surface area contributed by atoms with Gasteiger partial charge in [-0.3, -0.25) is 4.79 Å². The van der Waals surface area contributed by atoms with Crippen LogP contribution in [0.1, 0.15) is 47.5 Å². The van der Waals surface area contributed by atoms with Gasteiger partial charge in [0.1, 0.15) is 0 Å². The number of halogens is 3. The van der Waals surface area contributed by atoms with Crippen LogP contribution in [0.25, 0.3) is 10.9 Å². The van der Waals surface area contributed by atoms with E-state index in [1.807, 2.05) is 6.07 Å². The van der Waals surface area contributed by atoms with E-state index in [-0.39, 0.29) is 11.5 Å². The maximum Gasteiger partial charge on any atom is 0.254 e. The summed E-state index contributed by atoms with van der Waals surface area (Å²) in [5.41, 5.74) is 2.34. The van der Waals surface area contributed by atoms with Gasteiger partial charge in [-0.2, -0.15) is 0 Å². The van der Waals surface area contributed by atoms with Crippen molar-refractivity contribution in [2.75, 3.05) is 32.7 Å². The lowest BCUT2D eigenvalue weighted by atomic mass is 9.87. The fourth-order valence-electron chi connectivity index (χ4n) is 5.62. The second-order valence-electron chi connectivity index (χ2n) is 9.82. The van der Waals surface area contributed by atoms with E-state index in [9.17, 15) is 23.1 Å². The SMILES string of the molecule is O=C(c1cc(F)c(F)c(F)c1)N1CCC(C(O)CN2CCC(c3c[nH]c4ccccc34)CC2)CC1. The lowest BCUT2D eigenvalue weighted by Crippen LogP contribution is -2.45. The van der Waals surface area contributed by atoms with Gasteiger partial charge in [0.25, 0.3) is 5.91 Å². The third-order valence-corrected chi connectivity index (χ3v) is 7.70. The molecule has 35 heavy (non-hydrogen) atoms. The third kappa shape index (κ3) is 4.95. The number of hydrogen-bond donors (Lipinski definition) is 2. The van der Waals surface area contributed by atoms with E-state index in [1.165, 1.54) is 21.4 Å². The van der Waals surface area contributed by atoms with Gasteiger partial charge in [-0.1, -0.05) is 18.2 Å². The van der Waals surface area contributed by atoms with Crippen LogP contribution in [0.4, 0.5) is 13.2 Å². The van der Waals surface area contributed by atoms with Crippen LogP contribution in [0.5, 0.6) is 0 Å². The molecule has 0 radical (unpaired) electrons. The van der Waals surface area contributed by atoms with E-state index < -0.39 is 29.5 Å². The molecule has 2 saturated heterocycles. The second-order valence-corrected chi connectivity index (χ2v) is 9.82. The highest BCUT2D eigenvalue weighted by Gasteiger charge is 2.31. The predicted octanol–water partition coefficient (Wildman–Crippen LogP) is 4.68. The number of likely N-dealkylation sites (tertiary alicyclic amines) is 2. The number of H-pyrrole nitrogens is 1. The van der Waals surface area contributed by atoms with Crippen molar-refractivity contribution in [3.63, 3.8) is 0 Å². The Labute approximate surface area is 202 Å². The first kappa shape index (κ1) is 23.9. The second kappa shape index (κ2) is 10.0. The fourth-order valence-corrected chi connectivity index (χ4v) is 5.62. The van der Waals surface area contributed by atoms with Crippen LogP contribution in [0, 0.1) is 23.4 Å². The molecule has 5 rings (SSSR count). The van der Waals surface area contributed by atoms with Gasteiger partial charge in [0, 0.05) is 42.3 Å². The average molecular weight is 486 g/mol. The van der Waals surface area contributed by atoms with Crippen molar-refractivity contribution in [1.82, 2.24) is 14.8 Å². The van der Waals surface area contributed by atoms with Gasteiger partial charge < -0.3 is 19.9 Å². The Bertz CT molecular complexity index is 1170. The van der Waals surface area contributed by atoms with Crippen LogP contribution in [0.3, 0.4) is 0 Å². The standard InChI is InChI=1S/C27H30F3N3O2/c28-22-13-19(14-23(29)26(22)30)27(35)33-11-7-18(8-12-33)25(34)16-32-9-5-17(6-10-32)21-15-31-24-4-2-1-3-20(21)24/h1-4,13-15,17-18,25,31,34H,5-12,16H2. The Balaban J connectivity index is 1.10. The number of aromatic amines is 1. The predicted molar refractivity (Wildman–Crippen MR) is 128 cm³/mol. The number of hydrogen-bond acceptors (Lipinski definition) is 3. The fraction of sp³-hybridized carbons (Fsp3) is 0.444. The molecule has 2 N–H and O–H groups in total. The zero-order valence-corrected chi connectivity index (χ0v) is 19.5. The average Bonchev–Trinajstić information content (AvgIpc) is 3.31. The van der Waals surface area contributed by atoms with Gasteiger partial charge in [0.05, 0.1) is 6.10 Å². The summed E-state index contributed by atoms with van der Waals surface area (Å²) in [6.45, 7) is 3.25. The molecule has 3 aromatic rings. The molecule has 2 aliphatic heterocycles. The molecule has 8 heteroatoms. The Morgan fingerprint density at radius 3 is 2.34 bits per heavy atom.